The van der Waals surface area contributed by atoms with E-state index in [9.17, 15) is 0 Å². The van der Waals surface area contributed by atoms with Crippen LogP contribution in [0.4, 0.5) is 5.69 Å². The number of hydrogen-bond donors (Lipinski definition) is 1. The highest BCUT2D eigenvalue weighted by Gasteiger charge is 2.07. The third-order valence-electron chi connectivity index (χ3n) is 3.02. The van der Waals surface area contributed by atoms with Crippen LogP contribution in [0.25, 0.3) is 22.5 Å². The lowest BCUT2D eigenvalue weighted by Gasteiger charge is -2.07. The number of nitrogen functional groups attached to an aromatic ring is 1. The molecule has 0 saturated carbocycles. The summed E-state index contributed by atoms with van der Waals surface area (Å²) >= 11 is 5.90. The van der Waals surface area contributed by atoms with Gasteiger partial charge in [0.25, 0.3) is 0 Å². The van der Waals surface area contributed by atoms with Crippen LogP contribution in [0, 0.1) is 0 Å². The van der Waals surface area contributed by atoms with Crippen molar-refractivity contribution >= 4 is 17.3 Å². The Morgan fingerprint density at radius 3 is 2.32 bits per heavy atom. The first-order chi connectivity index (χ1) is 9.24. The number of halogens is 1. The average Bonchev–Trinajstić information content (AvgIpc) is 2.94. The average molecular weight is 270 g/mol. The van der Waals surface area contributed by atoms with E-state index < -0.39 is 0 Å². The maximum Gasteiger partial charge on any atom is 0.135 e. The van der Waals surface area contributed by atoms with Gasteiger partial charge in [-0.3, -0.25) is 0 Å². The molecule has 0 unspecified atom stereocenters. The summed E-state index contributed by atoms with van der Waals surface area (Å²) in [7, 11) is 0. The zero-order chi connectivity index (χ0) is 13.2. The molecule has 0 amide bonds. The number of nitrogens with two attached hydrogens (primary N) is 1. The Morgan fingerprint density at radius 1 is 0.895 bits per heavy atom. The summed E-state index contributed by atoms with van der Waals surface area (Å²) in [6.07, 6.45) is 1.64. The molecule has 19 heavy (non-hydrogen) atoms. The molecule has 2 nitrogen and oxygen atoms in total. The summed E-state index contributed by atoms with van der Waals surface area (Å²) in [4.78, 5) is 0. The summed E-state index contributed by atoms with van der Waals surface area (Å²) < 4.78 is 5.41. The summed E-state index contributed by atoms with van der Waals surface area (Å²) in [5.41, 5.74) is 9.78. The standard InChI is InChI=1S/C16H12ClNO/c17-13-6-3-11(4-7-13)12-5-8-15(18)14(10-12)16-2-1-9-19-16/h1-10H,18H2. The Hall–Kier alpha value is -2.19. The number of anilines is 1. The lowest BCUT2D eigenvalue weighted by Crippen LogP contribution is -1.90. The maximum atomic E-state index is 6.00. The molecule has 0 radical (unpaired) electrons. The highest BCUT2D eigenvalue weighted by Crippen LogP contribution is 2.31. The largest absolute Gasteiger partial charge is 0.464 e. The van der Waals surface area contributed by atoms with Crippen molar-refractivity contribution in [3.63, 3.8) is 0 Å². The molecular formula is C16H12ClNO. The Balaban J connectivity index is 2.09. The monoisotopic (exact) mass is 269 g/mol. The van der Waals surface area contributed by atoms with Crippen molar-refractivity contribution < 1.29 is 4.42 Å². The summed E-state index contributed by atoms with van der Waals surface area (Å²) in [5.74, 6) is 0.772. The molecule has 0 aliphatic carbocycles. The van der Waals surface area contributed by atoms with Crippen molar-refractivity contribution in [3.8, 4) is 22.5 Å². The van der Waals surface area contributed by atoms with Crippen LogP contribution in [0.2, 0.25) is 5.02 Å². The zero-order valence-electron chi connectivity index (χ0n) is 10.1. The van der Waals surface area contributed by atoms with Crippen LogP contribution in [0.5, 0.6) is 0 Å². The van der Waals surface area contributed by atoms with Gasteiger partial charge in [0.15, 0.2) is 0 Å². The van der Waals surface area contributed by atoms with Gasteiger partial charge in [0.05, 0.1) is 6.26 Å². The molecule has 2 aromatic carbocycles. The lowest BCUT2D eigenvalue weighted by molar-refractivity contribution is 0.582. The molecule has 0 spiro atoms. The molecule has 3 aromatic rings. The Morgan fingerprint density at radius 2 is 1.63 bits per heavy atom. The van der Waals surface area contributed by atoms with Gasteiger partial charge in [-0.25, -0.2) is 0 Å². The van der Waals surface area contributed by atoms with Gasteiger partial charge in [0, 0.05) is 16.3 Å². The zero-order valence-corrected chi connectivity index (χ0v) is 10.9. The van der Waals surface area contributed by atoms with Crippen LogP contribution in [0.15, 0.2) is 65.3 Å². The predicted molar refractivity (Wildman–Crippen MR) is 79.0 cm³/mol. The fraction of sp³-hybridized carbons (Fsp3) is 0. The highest BCUT2D eigenvalue weighted by atomic mass is 35.5. The van der Waals surface area contributed by atoms with Gasteiger partial charge in [-0.15, -0.1) is 0 Å². The Bertz CT molecular complexity index is 687. The number of furan rings is 1. The summed E-state index contributed by atoms with van der Waals surface area (Å²) in [6.45, 7) is 0. The van der Waals surface area contributed by atoms with E-state index in [0.29, 0.717) is 5.69 Å². The molecule has 3 heteroatoms. The SMILES string of the molecule is Nc1ccc(-c2ccc(Cl)cc2)cc1-c1ccco1. The molecule has 1 aromatic heterocycles. The van der Waals surface area contributed by atoms with E-state index in [4.69, 9.17) is 21.8 Å². The van der Waals surface area contributed by atoms with Gasteiger partial charge in [-0.05, 0) is 47.5 Å². The van der Waals surface area contributed by atoms with Crippen LogP contribution in [-0.2, 0) is 0 Å². The minimum absolute atomic E-state index is 0.702. The third-order valence-corrected chi connectivity index (χ3v) is 3.27. The first-order valence-corrected chi connectivity index (χ1v) is 6.31. The molecule has 0 atom stereocenters. The second-order valence-electron chi connectivity index (χ2n) is 4.29. The van der Waals surface area contributed by atoms with Crippen molar-refractivity contribution in [1.29, 1.82) is 0 Å². The van der Waals surface area contributed by atoms with Crippen molar-refractivity contribution in [2.24, 2.45) is 0 Å². The van der Waals surface area contributed by atoms with E-state index in [0.717, 1.165) is 27.5 Å². The molecule has 3 rings (SSSR count). The van der Waals surface area contributed by atoms with Crippen molar-refractivity contribution in [3.05, 3.63) is 65.9 Å². The molecule has 0 fully saturated rings. The molecule has 1 heterocycles. The Kier molecular flexibility index (Phi) is 3.02. The van der Waals surface area contributed by atoms with E-state index in [1.807, 2.05) is 54.6 Å². The van der Waals surface area contributed by atoms with E-state index in [1.54, 1.807) is 6.26 Å². The second-order valence-corrected chi connectivity index (χ2v) is 4.72. The van der Waals surface area contributed by atoms with Crippen molar-refractivity contribution in [2.75, 3.05) is 5.73 Å². The van der Waals surface area contributed by atoms with Gasteiger partial charge in [0.1, 0.15) is 5.76 Å². The predicted octanol–water partition coefficient (Wildman–Crippen LogP) is 4.85. The first-order valence-electron chi connectivity index (χ1n) is 5.93. The number of rotatable bonds is 2. The van der Waals surface area contributed by atoms with Crippen molar-refractivity contribution in [1.82, 2.24) is 0 Å². The van der Waals surface area contributed by atoms with Gasteiger partial charge in [0.2, 0.25) is 0 Å². The third kappa shape index (κ3) is 2.35. The maximum absolute atomic E-state index is 6.00. The van der Waals surface area contributed by atoms with Gasteiger partial charge in [-0.1, -0.05) is 29.8 Å². The van der Waals surface area contributed by atoms with Crippen LogP contribution in [-0.4, -0.2) is 0 Å². The summed E-state index contributed by atoms with van der Waals surface area (Å²) in [6, 6.07) is 17.4. The van der Waals surface area contributed by atoms with E-state index >= 15 is 0 Å². The molecule has 0 saturated heterocycles. The smallest absolute Gasteiger partial charge is 0.135 e. The first kappa shape index (κ1) is 11.9. The summed E-state index contributed by atoms with van der Waals surface area (Å²) in [5, 5.41) is 0.727. The fourth-order valence-electron chi connectivity index (χ4n) is 2.02. The van der Waals surface area contributed by atoms with E-state index in [-0.39, 0.29) is 0 Å². The number of benzene rings is 2. The van der Waals surface area contributed by atoms with Crippen LogP contribution < -0.4 is 5.73 Å². The van der Waals surface area contributed by atoms with Gasteiger partial charge < -0.3 is 10.2 Å². The van der Waals surface area contributed by atoms with Gasteiger partial charge >= 0.3 is 0 Å². The topological polar surface area (TPSA) is 39.2 Å². The van der Waals surface area contributed by atoms with Gasteiger partial charge in [-0.2, -0.15) is 0 Å². The minimum Gasteiger partial charge on any atom is -0.464 e. The minimum atomic E-state index is 0.702. The second kappa shape index (κ2) is 4.82. The quantitative estimate of drug-likeness (QED) is 0.676. The van der Waals surface area contributed by atoms with Crippen LogP contribution in [0.3, 0.4) is 0 Å². The fourth-order valence-corrected chi connectivity index (χ4v) is 2.15. The Labute approximate surface area is 116 Å². The molecule has 94 valence electrons. The lowest BCUT2D eigenvalue weighted by atomic mass is 10.0. The molecular weight excluding hydrogens is 258 g/mol. The molecule has 0 aliphatic rings. The molecule has 0 bridgehead atoms. The van der Waals surface area contributed by atoms with Crippen LogP contribution in [0.1, 0.15) is 0 Å². The van der Waals surface area contributed by atoms with Crippen molar-refractivity contribution in [2.45, 2.75) is 0 Å². The molecule has 0 aliphatic heterocycles. The van der Waals surface area contributed by atoms with Crippen LogP contribution >= 0.6 is 11.6 Å². The molecule has 2 N–H and O–H groups in total. The van der Waals surface area contributed by atoms with E-state index in [2.05, 4.69) is 0 Å². The van der Waals surface area contributed by atoms with E-state index in [1.165, 1.54) is 0 Å². The highest BCUT2D eigenvalue weighted by molar-refractivity contribution is 6.30. The number of hydrogen-bond acceptors (Lipinski definition) is 2. The normalized spacial score (nSPS) is 10.6.